The van der Waals surface area contributed by atoms with Gasteiger partial charge in [-0.3, -0.25) is 14.4 Å². The topological polar surface area (TPSA) is 78.9 Å². The van der Waals surface area contributed by atoms with E-state index in [2.05, 4.69) is 142 Å². The van der Waals surface area contributed by atoms with Crippen LogP contribution in [0.1, 0.15) is 323 Å². The molecule has 0 aliphatic rings. The summed E-state index contributed by atoms with van der Waals surface area (Å²) in [5.41, 5.74) is 0. The largest absolute Gasteiger partial charge is 0.462 e. The first-order chi connectivity index (χ1) is 40.5. The molecule has 0 aliphatic carbocycles. The molecule has 1 unspecified atom stereocenters. The molecule has 0 fully saturated rings. The molecule has 0 rings (SSSR count). The predicted molar refractivity (Wildman–Crippen MR) is 357 cm³/mol. The Kier molecular flexibility index (Phi) is 65.8. The molecule has 0 aromatic rings. The van der Waals surface area contributed by atoms with Crippen LogP contribution in [0.2, 0.25) is 0 Å². The molecule has 0 aromatic heterocycles. The number of allylic oxidation sites excluding steroid dienone is 20. The highest BCUT2D eigenvalue weighted by Gasteiger charge is 2.19. The fourth-order valence-electron chi connectivity index (χ4n) is 9.55. The van der Waals surface area contributed by atoms with Gasteiger partial charge in [0, 0.05) is 19.3 Å². The van der Waals surface area contributed by atoms with Crippen molar-refractivity contribution in [3.8, 4) is 0 Å². The maximum absolute atomic E-state index is 12.9. The van der Waals surface area contributed by atoms with Crippen molar-refractivity contribution in [2.45, 2.75) is 329 Å². The summed E-state index contributed by atoms with van der Waals surface area (Å²) in [7, 11) is 0. The Bertz CT molecular complexity index is 1690. The molecule has 0 aromatic carbocycles. The van der Waals surface area contributed by atoms with Crippen LogP contribution in [0.5, 0.6) is 0 Å². The summed E-state index contributed by atoms with van der Waals surface area (Å²) in [6, 6.07) is 0. The van der Waals surface area contributed by atoms with Gasteiger partial charge in [0.25, 0.3) is 0 Å². The SMILES string of the molecule is CC/C=C\C/C=C\C/C=C\C/C=C\C/C=C\C/C=C\C/C=C\CCCCCCCCCCCCCCCC(=O)OCC(COC(=O)CCCCCCCCCCCC)OC(=O)CCCCCCCC/C=C\C/C=C\C/C=C\CCCCC. The second kappa shape index (κ2) is 69.3. The van der Waals surface area contributed by atoms with Gasteiger partial charge in [-0.25, -0.2) is 0 Å². The Hall–Kier alpha value is -4.19. The summed E-state index contributed by atoms with van der Waals surface area (Å²) in [5, 5.41) is 0. The maximum atomic E-state index is 12.9. The second-order valence-corrected chi connectivity index (χ2v) is 22.7. The molecule has 468 valence electrons. The Labute approximate surface area is 507 Å². The van der Waals surface area contributed by atoms with Crippen LogP contribution < -0.4 is 0 Å². The van der Waals surface area contributed by atoms with Gasteiger partial charge < -0.3 is 14.2 Å². The molecular weight excluding hydrogens is 1010 g/mol. The third-order valence-electron chi connectivity index (χ3n) is 14.7. The van der Waals surface area contributed by atoms with Gasteiger partial charge in [-0.15, -0.1) is 0 Å². The van der Waals surface area contributed by atoms with Gasteiger partial charge in [0.15, 0.2) is 6.10 Å². The van der Waals surface area contributed by atoms with E-state index in [1.807, 2.05) is 0 Å². The summed E-state index contributed by atoms with van der Waals surface area (Å²) in [6.07, 6.45) is 96.5. The first-order valence-electron chi connectivity index (χ1n) is 34.5. The third-order valence-corrected chi connectivity index (χ3v) is 14.7. The second-order valence-electron chi connectivity index (χ2n) is 22.7. The lowest BCUT2D eigenvalue weighted by Gasteiger charge is -2.18. The van der Waals surface area contributed by atoms with E-state index >= 15 is 0 Å². The summed E-state index contributed by atoms with van der Waals surface area (Å²) in [6.45, 7) is 6.50. The fourth-order valence-corrected chi connectivity index (χ4v) is 9.55. The van der Waals surface area contributed by atoms with Gasteiger partial charge in [0.1, 0.15) is 13.2 Å². The Morgan fingerprint density at radius 2 is 0.476 bits per heavy atom. The highest BCUT2D eigenvalue weighted by Crippen LogP contribution is 2.16. The highest BCUT2D eigenvalue weighted by molar-refractivity contribution is 5.71. The number of unbranched alkanes of at least 4 members (excludes halogenated alkanes) is 31. The van der Waals surface area contributed by atoms with Crippen molar-refractivity contribution in [1.82, 2.24) is 0 Å². The van der Waals surface area contributed by atoms with Crippen molar-refractivity contribution >= 4 is 17.9 Å². The number of rotatable bonds is 62. The van der Waals surface area contributed by atoms with Crippen LogP contribution in [-0.4, -0.2) is 37.2 Å². The van der Waals surface area contributed by atoms with Crippen molar-refractivity contribution < 1.29 is 28.6 Å². The van der Waals surface area contributed by atoms with Crippen LogP contribution >= 0.6 is 0 Å². The van der Waals surface area contributed by atoms with E-state index in [0.717, 1.165) is 128 Å². The normalized spacial score (nSPS) is 12.9. The number of carbonyl (C=O) groups is 3. The van der Waals surface area contributed by atoms with Gasteiger partial charge in [-0.05, 0) is 116 Å². The van der Waals surface area contributed by atoms with Gasteiger partial charge in [0.2, 0.25) is 0 Å². The van der Waals surface area contributed by atoms with E-state index in [1.54, 1.807) is 0 Å². The average molecular weight is 1140 g/mol. The molecule has 0 spiro atoms. The van der Waals surface area contributed by atoms with Crippen LogP contribution in [0.25, 0.3) is 0 Å². The van der Waals surface area contributed by atoms with E-state index in [-0.39, 0.29) is 31.1 Å². The molecule has 6 nitrogen and oxygen atoms in total. The lowest BCUT2D eigenvalue weighted by molar-refractivity contribution is -0.167. The number of ether oxygens (including phenoxy) is 3. The van der Waals surface area contributed by atoms with Crippen molar-refractivity contribution in [3.63, 3.8) is 0 Å². The molecule has 0 N–H and O–H groups in total. The molecule has 82 heavy (non-hydrogen) atoms. The number of esters is 3. The minimum Gasteiger partial charge on any atom is -0.462 e. The zero-order valence-electron chi connectivity index (χ0n) is 53.7. The molecule has 0 amide bonds. The minimum absolute atomic E-state index is 0.0813. The smallest absolute Gasteiger partial charge is 0.306 e. The Balaban J connectivity index is 4.17. The van der Waals surface area contributed by atoms with Crippen molar-refractivity contribution in [1.29, 1.82) is 0 Å². The van der Waals surface area contributed by atoms with E-state index in [1.165, 1.54) is 154 Å². The van der Waals surface area contributed by atoms with E-state index < -0.39 is 6.10 Å². The van der Waals surface area contributed by atoms with E-state index in [0.29, 0.717) is 19.3 Å². The molecule has 6 heteroatoms. The van der Waals surface area contributed by atoms with Crippen LogP contribution in [0.15, 0.2) is 122 Å². The third kappa shape index (κ3) is 66.6. The number of carbonyl (C=O) groups excluding carboxylic acids is 3. The summed E-state index contributed by atoms with van der Waals surface area (Å²) >= 11 is 0. The number of hydrogen-bond acceptors (Lipinski definition) is 6. The van der Waals surface area contributed by atoms with Crippen molar-refractivity contribution in [2.75, 3.05) is 13.2 Å². The van der Waals surface area contributed by atoms with Gasteiger partial charge in [0.05, 0.1) is 0 Å². The summed E-state index contributed by atoms with van der Waals surface area (Å²) < 4.78 is 16.9. The molecule has 1 atom stereocenters. The van der Waals surface area contributed by atoms with Crippen molar-refractivity contribution in [3.05, 3.63) is 122 Å². The lowest BCUT2D eigenvalue weighted by atomic mass is 10.0. The lowest BCUT2D eigenvalue weighted by Crippen LogP contribution is -2.30. The monoisotopic (exact) mass is 1140 g/mol. The van der Waals surface area contributed by atoms with Gasteiger partial charge in [-0.1, -0.05) is 309 Å². The van der Waals surface area contributed by atoms with Crippen LogP contribution in [0.4, 0.5) is 0 Å². The Morgan fingerprint density at radius 3 is 0.768 bits per heavy atom. The van der Waals surface area contributed by atoms with Crippen LogP contribution in [-0.2, 0) is 28.6 Å². The van der Waals surface area contributed by atoms with Gasteiger partial charge in [-0.2, -0.15) is 0 Å². The van der Waals surface area contributed by atoms with Crippen molar-refractivity contribution in [2.24, 2.45) is 0 Å². The summed E-state index contributed by atoms with van der Waals surface area (Å²) in [4.78, 5) is 38.3. The quantitative estimate of drug-likeness (QED) is 0.0261. The highest BCUT2D eigenvalue weighted by atomic mass is 16.6. The first-order valence-corrected chi connectivity index (χ1v) is 34.5. The predicted octanol–water partition coefficient (Wildman–Crippen LogP) is 23.9. The molecular formula is C76H128O6. The first kappa shape index (κ1) is 77.8. The maximum Gasteiger partial charge on any atom is 0.306 e. The van der Waals surface area contributed by atoms with Gasteiger partial charge >= 0.3 is 17.9 Å². The molecule has 0 aliphatic heterocycles. The number of hydrogen-bond donors (Lipinski definition) is 0. The standard InChI is InChI=1S/C76H128O6/c1-4-7-10-13-16-19-22-24-26-28-30-31-32-33-34-35-36-37-38-39-40-41-42-43-44-45-47-48-50-52-54-57-60-63-66-69-75(78)81-72-73(71-80-74(77)68-65-62-59-56-21-18-15-12-9-6-3)82-76(79)70-67-64-61-58-55-53-51-49-46-29-27-25-23-20-17-14-11-8-5-2/h7,10,16-17,19-20,24-27,30-31,33-34,36-37,39-40,46,49,73H,4-6,8-9,11-15,18,21-23,28-29,32,35,38,41-45,47-48,50-72H2,1-3H3/b10-7-,19-16-,20-17-,26-24-,27-25-,31-30-,34-33-,37-36-,40-39-,49-46-. The average Bonchev–Trinajstić information content (AvgIpc) is 3.48. The molecule has 0 bridgehead atoms. The van der Waals surface area contributed by atoms with E-state index in [4.69, 9.17) is 14.2 Å². The molecule has 0 heterocycles. The minimum atomic E-state index is -0.785. The van der Waals surface area contributed by atoms with Crippen LogP contribution in [0.3, 0.4) is 0 Å². The zero-order valence-corrected chi connectivity index (χ0v) is 53.7. The van der Waals surface area contributed by atoms with Crippen LogP contribution in [0, 0.1) is 0 Å². The summed E-state index contributed by atoms with van der Waals surface area (Å²) in [5.74, 6) is -0.888. The Morgan fingerprint density at radius 1 is 0.256 bits per heavy atom. The van der Waals surface area contributed by atoms with E-state index in [9.17, 15) is 14.4 Å². The molecule has 0 saturated heterocycles. The fraction of sp³-hybridized carbons (Fsp3) is 0.697. The zero-order chi connectivity index (χ0) is 59.2. The molecule has 0 radical (unpaired) electrons. The molecule has 0 saturated carbocycles.